The standard InChI is InChI=1S/C19H20N4O/c1-22-16-9-3-2-8-15(16)21-18(22)17-10-4-5-12-23(17)19(24)14-7-6-11-20-13-14/h2-3,6-9,11,13,17H,4-5,10,12H2,1H3/t17-/m1/s1. The molecule has 1 fully saturated rings. The van der Waals surface area contributed by atoms with E-state index in [4.69, 9.17) is 4.98 Å². The molecule has 0 unspecified atom stereocenters. The molecule has 0 N–H and O–H groups in total. The minimum Gasteiger partial charge on any atom is -0.329 e. The largest absolute Gasteiger partial charge is 0.329 e. The third-order valence-electron chi connectivity index (χ3n) is 4.79. The highest BCUT2D eigenvalue weighted by Gasteiger charge is 2.31. The van der Waals surface area contributed by atoms with Crippen LogP contribution in [0.25, 0.3) is 11.0 Å². The Morgan fingerprint density at radius 1 is 1.17 bits per heavy atom. The first-order valence-corrected chi connectivity index (χ1v) is 8.38. The SMILES string of the molecule is Cn1c([C@H]2CCCCN2C(=O)c2cccnc2)nc2ccccc21. The third-order valence-corrected chi connectivity index (χ3v) is 4.79. The van der Waals surface area contributed by atoms with Gasteiger partial charge in [-0.3, -0.25) is 9.78 Å². The summed E-state index contributed by atoms with van der Waals surface area (Å²) in [6, 6.07) is 11.8. The lowest BCUT2D eigenvalue weighted by Crippen LogP contribution is -2.39. The zero-order valence-corrected chi connectivity index (χ0v) is 13.7. The normalized spacial score (nSPS) is 18.0. The fourth-order valence-corrected chi connectivity index (χ4v) is 3.56. The second kappa shape index (κ2) is 6.07. The van der Waals surface area contributed by atoms with Crippen LogP contribution >= 0.6 is 0 Å². The molecule has 3 heterocycles. The highest BCUT2D eigenvalue weighted by Crippen LogP contribution is 2.32. The summed E-state index contributed by atoms with van der Waals surface area (Å²) < 4.78 is 2.12. The van der Waals surface area contributed by atoms with Gasteiger partial charge in [0, 0.05) is 26.0 Å². The Kier molecular flexibility index (Phi) is 3.76. The van der Waals surface area contributed by atoms with Gasteiger partial charge in [0.2, 0.25) is 0 Å². The molecule has 0 aliphatic carbocycles. The lowest BCUT2D eigenvalue weighted by atomic mass is 10.0. The van der Waals surface area contributed by atoms with Gasteiger partial charge in [-0.05, 0) is 43.5 Å². The first kappa shape index (κ1) is 14.9. The third kappa shape index (κ3) is 2.46. The molecule has 24 heavy (non-hydrogen) atoms. The summed E-state index contributed by atoms with van der Waals surface area (Å²) in [5.74, 6) is 1.01. The van der Waals surface area contributed by atoms with E-state index in [9.17, 15) is 4.79 Å². The van der Waals surface area contributed by atoms with Crippen molar-refractivity contribution in [3.8, 4) is 0 Å². The van der Waals surface area contributed by atoms with Crippen LogP contribution < -0.4 is 0 Å². The Morgan fingerprint density at radius 2 is 2.04 bits per heavy atom. The molecule has 5 heteroatoms. The predicted molar refractivity (Wildman–Crippen MR) is 92.6 cm³/mol. The molecule has 0 bridgehead atoms. The van der Waals surface area contributed by atoms with Gasteiger partial charge in [-0.15, -0.1) is 0 Å². The number of imidazole rings is 1. The van der Waals surface area contributed by atoms with E-state index < -0.39 is 0 Å². The smallest absolute Gasteiger partial charge is 0.256 e. The summed E-state index contributed by atoms with van der Waals surface area (Å²) >= 11 is 0. The number of pyridine rings is 1. The van der Waals surface area contributed by atoms with Gasteiger partial charge in [0.25, 0.3) is 5.91 Å². The number of carbonyl (C=O) groups is 1. The molecular weight excluding hydrogens is 300 g/mol. The van der Waals surface area contributed by atoms with E-state index in [-0.39, 0.29) is 11.9 Å². The molecular formula is C19H20N4O. The molecule has 1 aromatic carbocycles. The van der Waals surface area contributed by atoms with Crippen molar-refractivity contribution >= 4 is 16.9 Å². The number of piperidine rings is 1. The summed E-state index contributed by atoms with van der Waals surface area (Å²) in [4.78, 5) is 23.8. The highest BCUT2D eigenvalue weighted by atomic mass is 16.2. The van der Waals surface area contributed by atoms with Crippen LogP contribution in [0.3, 0.4) is 0 Å². The van der Waals surface area contributed by atoms with Crippen LogP contribution in [-0.2, 0) is 7.05 Å². The fourth-order valence-electron chi connectivity index (χ4n) is 3.56. The summed E-state index contributed by atoms with van der Waals surface area (Å²) in [7, 11) is 2.03. The molecule has 4 rings (SSSR count). The minimum atomic E-state index is 0.0175. The number of likely N-dealkylation sites (tertiary alicyclic amines) is 1. The van der Waals surface area contributed by atoms with Crippen molar-refractivity contribution in [1.82, 2.24) is 19.4 Å². The zero-order valence-electron chi connectivity index (χ0n) is 13.7. The zero-order chi connectivity index (χ0) is 16.5. The van der Waals surface area contributed by atoms with E-state index in [2.05, 4.69) is 15.6 Å². The van der Waals surface area contributed by atoms with Gasteiger partial charge >= 0.3 is 0 Å². The van der Waals surface area contributed by atoms with Crippen molar-refractivity contribution in [1.29, 1.82) is 0 Å². The maximum Gasteiger partial charge on any atom is 0.256 e. The summed E-state index contributed by atoms with van der Waals surface area (Å²) in [6.07, 6.45) is 6.43. The number of aryl methyl sites for hydroxylation is 1. The van der Waals surface area contributed by atoms with Crippen LogP contribution in [0.4, 0.5) is 0 Å². The van der Waals surface area contributed by atoms with E-state index >= 15 is 0 Å². The number of benzene rings is 1. The topological polar surface area (TPSA) is 51.0 Å². The van der Waals surface area contributed by atoms with E-state index in [0.717, 1.165) is 42.7 Å². The van der Waals surface area contributed by atoms with E-state index in [1.54, 1.807) is 18.5 Å². The Balaban J connectivity index is 1.74. The van der Waals surface area contributed by atoms with E-state index in [1.165, 1.54) is 0 Å². The van der Waals surface area contributed by atoms with E-state index in [1.807, 2.05) is 36.2 Å². The van der Waals surface area contributed by atoms with Gasteiger partial charge in [0.05, 0.1) is 22.6 Å². The second-order valence-corrected chi connectivity index (χ2v) is 6.27. The van der Waals surface area contributed by atoms with Crippen LogP contribution in [0.15, 0.2) is 48.8 Å². The number of rotatable bonds is 2. The molecule has 3 aromatic rings. The predicted octanol–water partition coefficient (Wildman–Crippen LogP) is 3.34. The number of aromatic nitrogens is 3. The number of carbonyl (C=O) groups excluding carboxylic acids is 1. The number of hydrogen-bond acceptors (Lipinski definition) is 3. The number of amides is 1. The Labute approximate surface area is 140 Å². The first-order chi connectivity index (χ1) is 11.8. The van der Waals surface area contributed by atoms with Crippen LogP contribution in [0.2, 0.25) is 0 Å². The molecule has 0 spiro atoms. The Morgan fingerprint density at radius 3 is 2.83 bits per heavy atom. The van der Waals surface area contributed by atoms with Crippen molar-refractivity contribution < 1.29 is 4.79 Å². The molecule has 1 aliphatic rings. The monoisotopic (exact) mass is 320 g/mol. The molecule has 0 saturated carbocycles. The molecule has 1 aliphatic heterocycles. The lowest BCUT2D eigenvalue weighted by Gasteiger charge is -2.35. The van der Waals surface area contributed by atoms with Gasteiger partial charge in [-0.2, -0.15) is 0 Å². The number of para-hydroxylation sites is 2. The maximum absolute atomic E-state index is 13.0. The summed E-state index contributed by atoms with van der Waals surface area (Å²) in [5, 5.41) is 0. The quantitative estimate of drug-likeness (QED) is 0.728. The van der Waals surface area contributed by atoms with Crippen LogP contribution in [0.1, 0.15) is 41.5 Å². The van der Waals surface area contributed by atoms with Crippen molar-refractivity contribution in [2.75, 3.05) is 6.54 Å². The van der Waals surface area contributed by atoms with Gasteiger partial charge in [-0.1, -0.05) is 12.1 Å². The van der Waals surface area contributed by atoms with Crippen molar-refractivity contribution in [2.45, 2.75) is 25.3 Å². The average Bonchev–Trinajstić information content (AvgIpc) is 2.99. The minimum absolute atomic E-state index is 0.0175. The van der Waals surface area contributed by atoms with Crippen LogP contribution in [0, 0.1) is 0 Å². The lowest BCUT2D eigenvalue weighted by molar-refractivity contribution is 0.0596. The van der Waals surface area contributed by atoms with Crippen molar-refractivity contribution in [3.63, 3.8) is 0 Å². The first-order valence-electron chi connectivity index (χ1n) is 8.38. The van der Waals surface area contributed by atoms with Gasteiger partial charge in [0.15, 0.2) is 0 Å². The molecule has 1 atom stereocenters. The maximum atomic E-state index is 13.0. The molecule has 0 radical (unpaired) electrons. The molecule has 1 amide bonds. The Hall–Kier alpha value is -2.69. The molecule has 5 nitrogen and oxygen atoms in total. The van der Waals surface area contributed by atoms with Crippen LogP contribution in [0.5, 0.6) is 0 Å². The van der Waals surface area contributed by atoms with Gasteiger partial charge < -0.3 is 9.47 Å². The average molecular weight is 320 g/mol. The number of fused-ring (bicyclic) bond motifs is 1. The van der Waals surface area contributed by atoms with Crippen molar-refractivity contribution in [3.05, 3.63) is 60.2 Å². The summed E-state index contributed by atoms with van der Waals surface area (Å²) in [5.41, 5.74) is 2.73. The molecule has 122 valence electrons. The highest BCUT2D eigenvalue weighted by molar-refractivity contribution is 5.94. The van der Waals surface area contributed by atoms with Crippen molar-refractivity contribution in [2.24, 2.45) is 7.05 Å². The number of hydrogen-bond donors (Lipinski definition) is 0. The van der Waals surface area contributed by atoms with Gasteiger partial charge in [-0.25, -0.2) is 4.98 Å². The Bertz CT molecular complexity index is 871. The van der Waals surface area contributed by atoms with E-state index in [0.29, 0.717) is 5.56 Å². The summed E-state index contributed by atoms with van der Waals surface area (Å²) in [6.45, 7) is 0.765. The fraction of sp³-hybridized carbons (Fsp3) is 0.316. The second-order valence-electron chi connectivity index (χ2n) is 6.27. The molecule has 2 aromatic heterocycles. The van der Waals surface area contributed by atoms with Crippen LogP contribution in [-0.4, -0.2) is 31.9 Å². The van der Waals surface area contributed by atoms with Gasteiger partial charge in [0.1, 0.15) is 5.82 Å². The number of nitrogens with zero attached hydrogens (tertiary/aromatic N) is 4. The molecule has 1 saturated heterocycles.